The molecule has 0 atom stereocenters. The number of rotatable bonds is 3. The maximum absolute atomic E-state index is 2.48. The molecule has 0 bridgehead atoms. The van der Waals surface area contributed by atoms with Crippen molar-refractivity contribution in [3.8, 4) is 0 Å². The zero-order valence-electron chi connectivity index (χ0n) is 12.6. The van der Waals surface area contributed by atoms with Gasteiger partial charge in [-0.15, -0.1) is 0 Å². The van der Waals surface area contributed by atoms with Crippen molar-refractivity contribution in [2.24, 2.45) is 7.05 Å². The summed E-state index contributed by atoms with van der Waals surface area (Å²) >= 11 is 1.91. The quantitative estimate of drug-likeness (QED) is 0.805. The molecule has 2 heterocycles. The number of nitrogens with zero attached hydrogens (tertiary/aromatic N) is 3. The average Bonchev–Trinajstić information content (AvgIpc) is 2.78. The molecule has 20 heavy (non-hydrogen) atoms. The smallest absolute Gasteiger partial charge is 0.0481 e. The van der Waals surface area contributed by atoms with Crippen molar-refractivity contribution in [3.63, 3.8) is 0 Å². The second-order valence-corrected chi connectivity index (χ2v) is 6.79. The van der Waals surface area contributed by atoms with Gasteiger partial charge in [-0.05, 0) is 49.2 Å². The van der Waals surface area contributed by atoms with Crippen LogP contribution in [-0.4, -0.2) is 47.0 Å². The van der Waals surface area contributed by atoms with Gasteiger partial charge in [-0.25, -0.2) is 4.31 Å². The van der Waals surface area contributed by atoms with Crippen molar-refractivity contribution in [2.45, 2.75) is 18.2 Å². The number of piperazine rings is 1. The summed E-state index contributed by atoms with van der Waals surface area (Å²) in [6.45, 7) is 6.86. The maximum Gasteiger partial charge on any atom is 0.0481 e. The highest BCUT2D eigenvalue weighted by Crippen LogP contribution is 2.29. The van der Waals surface area contributed by atoms with E-state index in [0.717, 1.165) is 19.5 Å². The van der Waals surface area contributed by atoms with E-state index in [4.69, 9.17) is 0 Å². The lowest BCUT2D eigenvalue weighted by atomic mass is 10.1. The minimum absolute atomic E-state index is 1.10. The van der Waals surface area contributed by atoms with Gasteiger partial charge < -0.3 is 9.47 Å². The number of likely N-dealkylation sites (N-methyl/N-ethyl adjacent to an activating group) is 1. The summed E-state index contributed by atoms with van der Waals surface area (Å²) in [4.78, 5) is 3.76. The molecule has 0 amide bonds. The number of hydrogen-bond acceptors (Lipinski definition) is 3. The van der Waals surface area contributed by atoms with Gasteiger partial charge in [0.25, 0.3) is 0 Å². The van der Waals surface area contributed by atoms with E-state index in [2.05, 4.69) is 59.2 Å². The van der Waals surface area contributed by atoms with Crippen LogP contribution in [0.4, 0.5) is 0 Å². The van der Waals surface area contributed by atoms with Crippen LogP contribution in [-0.2, 0) is 13.5 Å². The molecule has 1 aliphatic heterocycles. The summed E-state index contributed by atoms with van der Waals surface area (Å²) in [6.07, 6.45) is 3.36. The Morgan fingerprint density at radius 1 is 1.10 bits per heavy atom. The molecule has 1 saturated heterocycles. The van der Waals surface area contributed by atoms with Crippen LogP contribution in [0.15, 0.2) is 29.3 Å². The van der Waals surface area contributed by atoms with Crippen molar-refractivity contribution >= 4 is 22.9 Å². The average molecular weight is 289 g/mol. The zero-order valence-corrected chi connectivity index (χ0v) is 13.4. The first-order valence-corrected chi connectivity index (χ1v) is 8.14. The first-order valence-electron chi connectivity index (χ1n) is 7.37. The summed E-state index contributed by atoms with van der Waals surface area (Å²) < 4.78 is 4.72. The van der Waals surface area contributed by atoms with Crippen LogP contribution in [0.1, 0.15) is 12.5 Å². The Labute approximate surface area is 125 Å². The van der Waals surface area contributed by atoms with Gasteiger partial charge in [0.05, 0.1) is 0 Å². The minimum Gasteiger partial charge on any atom is -0.350 e. The van der Waals surface area contributed by atoms with E-state index in [1.165, 1.54) is 34.5 Å². The van der Waals surface area contributed by atoms with Gasteiger partial charge in [0.2, 0.25) is 0 Å². The molecule has 108 valence electrons. The van der Waals surface area contributed by atoms with Crippen molar-refractivity contribution < 1.29 is 0 Å². The number of hydrogen-bond donors (Lipinski definition) is 0. The fraction of sp³-hybridized carbons (Fsp3) is 0.500. The molecule has 4 heteroatoms. The lowest BCUT2D eigenvalue weighted by Gasteiger charge is -2.31. The molecule has 2 aromatic rings. The summed E-state index contributed by atoms with van der Waals surface area (Å²) in [7, 11) is 4.33. The van der Waals surface area contributed by atoms with Crippen molar-refractivity contribution in [1.82, 2.24) is 13.8 Å². The summed E-state index contributed by atoms with van der Waals surface area (Å²) in [6, 6.07) is 6.87. The van der Waals surface area contributed by atoms with Gasteiger partial charge in [-0.3, -0.25) is 0 Å². The Balaban J connectivity index is 1.82. The molecule has 0 saturated carbocycles. The van der Waals surface area contributed by atoms with E-state index >= 15 is 0 Å². The molecule has 0 aliphatic carbocycles. The van der Waals surface area contributed by atoms with Crippen LogP contribution in [0.5, 0.6) is 0 Å². The molecular formula is C16H23N3S. The number of aromatic nitrogens is 1. The molecule has 0 N–H and O–H groups in total. The largest absolute Gasteiger partial charge is 0.350 e. The minimum atomic E-state index is 1.10. The molecule has 1 fully saturated rings. The molecule has 3 nitrogen and oxygen atoms in total. The van der Waals surface area contributed by atoms with E-state index < -0.39 is 0 Å². The van der Waals surface area contributed by atoms with E-state index in [-0.39, 0.29) is 0 Å². The SMILES string of the molecule is CCc1cn(C)c2ccc(SN3CCN(C)CC3)cc12. The Kier molecular flexibility index (Phi) is 4.06. The molecule has 1 aliphatic rings. The van der Waals surface area contributed by atoms with Crippen LogP contribution >= 0.6 is 11.9 Å². The Bertz CT molecular complexity index is 597. The van der Waals surface area contributed by atoms with Gasteiger partial charge in [0.1, 0.15) is 0 Å². The number of fused-ring (bicyclic) bond motifs is 1. The Morgan fingerprint density at radius 2 is 1.85 bits per heavy atom. The highest BCUT2D eigenvalue weighted by atomic mass is 32.2. The Hall–Kier alpha value is -0.970. The Morgan fingerprint density at radius 3 is 2.55 bits per heavy atom. The van der Waals surface area contributed by atoms with Gasteiger partial charge in [0, 0.05) is 55.2 Å². The third-order valence-electron chi connectivity index (χ3n) is 4.12. The molecule has 1 aromatic heterocycles. The lowest BCUT2D eigenvalue weighted by Crippen LogP contribution is -2.40. The second kappa shape index (κ2) is 5.80. The topological polar surface area (TPSA) is 11.4 Å². The van der Waals surface area contributed by atoms with Crippen molar-refractivity contribution in [1.29, 1.82) is 0 Å². The van der Waals surface area contributed by atoms with Gasteiger partial charge in [-0.2, -0.15) is 0 Å². The van der Waals surface area contributed by atoms with E-state index in [9.17, 15) is 0 Å². The first kappa shape index (κ1) is 14.0. The molecule has 0 unspecified atom stereocenters. The molecule has 0 radical (unpaired) electrons. The predicted molar refractivity (Wildman–Crippen MR) is 87.2 cm³/mol. The van der Waals surface area contributed by atoms with Crippen molar-refractivity contribution in [3.05, 3.63) is 30.0 Å². The summed E-state index contributed by atoms with van der Waals surface area (Å²) in [5.74, 6) is 0. The highest BCUT2D eigenvalue weighted by molar-refractivity contribution is 7.97. The molecular weight excluding hydrogens is 266 g/mol. The van der Waals surface area contributed by atoms with Gasteiger partial charge >= 0.3 is 0 Å². The fourth-order valence-corrected chi connectivity index (χ4v) is 3.76. The molecule has 0 spiro atoms. The van der Waals surface area contributed by atoms with Crippen LogP contribution in [0.25, 0.3) is 10.9 Å². The predicted octanol–water partition coefficient (Wildman–Crippen LogP) is 3.00. The first-order chi connectivity index (χ1) is 9.67. The van der Waals surface area contributed by atoms with Crippen LogP contribution in [0.3, 0.4) is 0 Å². The maximum atomic E-state index is 2.48. The third-order valence-corrected chi connectivity index (χ3v) is 5.21. The van der Waals surface area contributed by atoms with E-state index in [1.54, 1.807) is 0 Å². The summed E-state index contributed by atoms with van der Waals surface area (Å²) in [5.41, 5.74) is 2.79. The fourth-order valence-electron chi connectivity index (χ4n) is 2.82. The monoisotopic (exact) mass is 289 g/mol. The van der Waals surface area contributed by atoms with E-state index in [0.29, 0.717) is 0 Å². The van der Waals surface area contributed by atoms with Crippen LogP contribution in [0.2, 0.25) is 0 Å². The highest BCUT2D eigenvalue weighted by Gasteiger charge is 2.15. The zero-order chi connectivity index (χ0) is 14.1. The lowest BCUT2D eigenvalue weighted by molar-refractivity contribution is 0.233. The van der Waals surface area contributed by atoms with Gasteiger partial charge in [0.15, 0.2) is 0 Å². The van der Waals surface area contributed by atoms with Crippen LogP contribution < -0.4 is 0 Å². The van der Waals surface area contributed by atoms with E-state index in [1.807, 2.05) is 11.9 Å². The van der Waals surface area contributed by atoms with Crippen LogP contribution in [0, 0.1) is 0 Å². The molecule has 1 aromatic carbocycles. The molecule has 3 rings (SSSR count). The van der Waals surface area contributed by atoms with Crippen molar-refractivity contribution in [2.75, 3.05) is 33.2 Å². The summed E-state index contributed by atoms with van der Waals surface area (Å²) in [5, 5.41) is 1.41. The normalized spacial score (nSPS) is 17.9. The number of aryl methyl sites for hydroxylation is 2. The standard InChI is InChI=1S/C16H23N3S/c1-4-13-12-18(3)16-6-5-14(11-15(13)16)20-19-9-7-17(2)8-10-19/h5-6,11-12H,4,7-10H2,1-3H3. The van der Waals surface area contributed by atoms with Gasteiger partial charge in [-0.1, -0.05) is 6.92 Å². The third kappa shape index (κ3) is 2.73. The number of benzene rings is 1. The second-order valence-electron chi connectivity index (χ2n) is 5.62.